The van der Waals surface area contributed by atoms with Gasteiger partial charge in [-0.2, -0.15) is 0 Å². The molecule has 2 aliphatic rings. The lowest BCUT2D eigenvalue weighted by molar-refractivity contribution is -0.115. The van der Waals surface area contributed by atoms with Crippen LogP contribution < -0.4 is 16.0 Å². The molecule has 0 aliphatic carbocycles. The van der Waals surface area contributed by atoms with Gasteiger partial charge >= 0.3 is 0 Å². The van der Waals surface area contributed by atoms with Gasteiger partial charge in [0, 0.05) is 30.1 Å². The topological polar surface area (TPSA) is 101 Å². The number of halogens is 1. The number of nitrogens with one attached hydrogen (secondary N) is 1. The van der Waals surface area contributed by atoms with E-state index in [1.807, 2.05) is 29.2 Å². The standard InChI is InChI=1S/C24H22FN5O2S/c1-13-27-19-6-4-14(10-21-23(31)29-24(32)33-21)9-17(19)22(28-13)15-5-7-20(18(25)11-15)30-8-2-3-16(26)12-30/h4-7,9-11,16H,2-3,8,12,26H2,1H3,(H,29,31,32)/t16-/m0/s1. The number of fused-ring (bicyclic) bond motifs is 1. The number of nitrogens with zero attached hydrogens (tertiary/aromatic N) is 3. The second kappa shape index (κ2) is 8.57. The lowest BCUT2D eigenvalue weighted by atomic mass is 10.0. The summed E-state index contributed by atoms with van der Waals surface area (Å²) in [4.78, 5) is 34.8. The van der Waals surface area contributed by atoms with Crippen molar-refractivity contribution in [1.82, 2.24) is 15.3 Å². The fourth-order valence-corrected chi connectivity index (χ4v) is 4.97. The molecule has 5 rings (SSSR count). The molecule has 33 heavy (non-hydrogen) atoms. The first-order chi connectivity index (χ1) is 15.9. The number of aromatic nitrogens is 2. The Kier molecular flexibility index (Phi) is 5.59. The number of rotatable bonds is 3. The number of amides is 2. The van der Waals surface area contributed by atoms with Crippen molar-refractivity contribution in [2.75, 3.05) is 18.0 Å². The van der Waals surface area contributed by atoms with Crippen LogP contribution in [0.2, 0.25) is 0 Å². The zero-order chi connectivity index (χ0) is 23.1. The van der Waals surface area contributed by atoms with Crippen molar-refractivity contribution in [3.8, 4) is 11.3 Å². The molecule has 9 heteroatoms. The maximum Gasteiger partial charge on any atom is 0.290 e. The summed E-state index contributed by atoms with van der Waals surface area (Å²) in [6.45, 7) is 3.22. The Balaban J connectivity index is 1.56. The van der Waals surface area contributed by atoms with Crippen LogP contribution in [0, 0.1) is 12.7 Å². The largest absolute Gasteiger partial charge is 0.368 e. The summed E-state index contributed by atoms with van der Waals surface area (Å²) in [6, 6.07) is 10.7. The first-order valence-corrected chi connectivity index (χ1v) is 11.5. The van der Waals surface area contributed by atoms with E-state index < -0.39 is 11.1 Å². The van der Waals surface area contributed by atoms with E-state index >= 15 is 4.39 Å². The summed E-state index contributed by atoms with van der Waals surface area (Å²) < 4.78 is 15.2. The van der Waals surface area contributed by atoms with Gasteiger partial charge in [0.15, 0.2) is 0 Å². The van der Waals surface area contributed by atoms with Gasteiger partial charge in [0.05, 0.1) is 21.8 Å². The van der Waals surface area contributed by atoms with Crippen LogP contribution >= 0.6 is 11.8 Å². The third-order valence-corrected chi connectivity index (χ3v) is 6.60. The molecule has 2 amide bonds. The summed E-state index contributed by atoms with van der Waals surface area (Å²) in [6.07, 6.45) is 3.55. The summed E-state index contributed by atoms with van der Waals surface area (Å²) in [5.74, 6) is -0.159. The number of thioether (sulfide) groups is 1. The summed E-state index contributed by atoms with van der Waals surface area (Å²) in [7, 11) is 0. The fraction of sp³-hybridized carbons (Fsp3) is 0.250. The Morgan fingerprint density at radius 1 is 1.21 bits per heavy atom. The van der Waals surface area contributed by atoms with Gasteiger partial charge in [0.25, 0.3) is 11.1 Å². The van der Waals surface area contributed by atoms with Crippen LogP contribution in [-0.2, 0) is 4.79 Å². The minimum Gasteiger partial charge on any atom is -0.368 e. The van der Waals surface area contributed by atoms with Crippen molar-refractivity contribution in [1.29, 1.82) is 0 Å². The molecule has 0 spiro atoms. The monoisotopic (exact) mass is 463 g/mol. The van der Waals surface area contributed by atoms with Gasteiger partial charge in [-0.3, -0.25) is 14.9 Å². The average molecular weight is 464 g/mol. The van der Waals surface area contributed by atoms with Gasteiger partial charge in [-0.1, -0.05) is 12.1 Å². The molecule has 7 nitrogen and oxygen atoms in total. The van der Waals surface area contributed by atoms with E-state index in [4.69, 9.17) is 5.73 Å². The number of nitrogens with two attached hydrogens (primary N) is 1. The highest BCUT2D eigenvalue weighted by atomic mass is 32.2. The molecule has 1 atom stereocenters. The molecule has 0 radical (unpaired) electrons. The van der Waals surface area contributed by atoms with Gasteiger partial charge < -0.3 is 10.6 Å². The third-order valence-electron chi connectivity index (χ3n) is 5.79. The third kappa shape index (κ3) is 4.34. The molecule has 2 aliphatic heterocycles. The molecular weight excluding hydrogens is 441 g/mol. The molecular formula is C24H22FN5O2S. The van der Waals surface area contributed by atoms with Gasteiger partial charge in [-0.05, 0) is 67.4 Å². The lowest BCUT2D eigenvalue weighted by Gasteiger charge is -2.32. The quantitative estimate of drug-likeness (QED) is 0.566. The lowest BCUT2D eigenvalue weighted by Crippen LogP contribution is -2.43. The predicted molar refractivity (Wildman–Crippen MR) is 128 cm³/mol. The normalized spacial score (nSPS) is 20.0. The highest BCUT2D eigenvalue weighted by Crippen LogP contribution is 2.32. The molecule has 0 unspecified atom stereocenters. The molecule has 3 N–H and O–H groups in total. The molecule has 2 fully saturated rings. The second-order valence-electron chi connectivity index (χ2n) is 8.26. The molecule has 1 aromatic heterocycles. The Bertz CT molecular complexity index is 1330. The van der Waals surface area contributed by atoms with Crippen molar-refractivity contribution in [2.24, 2.45) is 5.73 Å². The maximum absolute atomic E-state index is 15.2. The van der Waals surface area contributed by atoms with Crippen LogP contribution in [0.25, 0.3) is 28.2 Å². The van der Waals surface area contributed by atoms with E-state index in [1.165, 1.54) is 6.07 Å². The smallest absolute Gasteiger partial charge is 0.290 e. The number of imide groups is 1. The van der Waals surface area contributed by atoms with Crippen LogP contribution in [-0.4, -0.2) is 40.2 Å². The van der Waals surface area contributed by atoms with Crippen LogP contribution in [0.15, 0.2) is 41.3 Å². The minimum absolute atomic E-state index is 0.0502. The molecule has 3 heterocycles. The second-order valence-corrected chi connectivity index (χ2v) is 9.28. The summed E-state index contributed by atoms with van der Waals surface area (Å²) in [5.41, 5.74) is 9.30. The van der Waals surface area contributed by atoms with Crippen LogP contribution in [0.3, 0.4) is 0 Å². The van der Waals surface area contributed by atoms with E-state index in [2.05, 4.69) is 15.3 Å². The predicted octanol–water partition coefficient (Wildman–Crippen LogP) is 4.00. The van der Waals surface area contributed by atoms with Gasteiger partial charge in [0.2, 0.25) is 0 Å². The Labute approximate surface area is 194 Å². The Morgan fingerprint density at radius 3 is 2.79 bits per heavy atom. The maximum atomic E-state index is 15.2. The molecule has 168 valence electrons. The van der Waals surface area contributed by atoms with E-state index in [9.17, 15) is 9.59 Å². The zero-order valence-electron chi connectivity index (χ0n) is 18.0. The molecule has 2 aromatic carbocycles. The number of hydrogen-bond acceptors (Lipinski definition) is 7. The number of hydrogen-bond donors (Lipinski definition) is 2. The highest BCUT2D eigenvalue weighted by Gasteiger charge is 2.25. The molecule has 3 aromatic rings. The minimum atomic E-state index is -0.416. The Hall–Kier alpha value is -3.30. The van der Waals surface area contributed by atoms with Crippen molar-refractivity contribution >= 4 is 45.6 Å². The number of piperidine rings is 1. The molecule has 0 bridgehead atoms. The van der Waals surface area contributed by atoms with Crippen LogP contribution in [0.1, 0.15) is 24.2 Å². The van der Waals surface area contributed by atoms with Crippen molar-refractivity contribution in [3.63, 3.8) is 0 Å². The first-order valence-electron chi connectivity index (χ1n) is 10.7. The first kappa shape index (κ1) is 21.5. The van der Waals surface area contributed by atoms with Crippen LogP contribution in [0.4, 0.5) is 14.9 Å². The van der Waals surface area contributed by atoms with E-state index in [0.717, 1.165) is 42.1 Å². The van der Waals surface area contributed by atoms with E-state index in [0.29, 0.717) is 39.7 Å². The highest BCUT2D eigenvalue weighted by molar-refractivity contribution is 8.18. The van der Waals surface area contributed by atoms with Crippen molar-refractivity contribution in [2.45, 2.75) is 25.8 Å². The van der Waals surface area contributed by atoms with E-state index in [1.54, 1.807) is 19.1 Å². The van der Waals surface area contributed by atoms with Crippen molar-refractivity contribution in [3.05, 3.63) is 58.5 Å². The number of carbonyl (C=O) groups excluding carboxylic acids is 2. The number of anilines is 1. The SMILES string of the molecule is Cc1nc(-c2ccc(N3CCC[C@H](N)C3)c(F)c2)c2cc(C=C3SC(=O)NC3=O)ccc2n1. The summed E-state index contributed by atoms with van der Waals surface area (Å²) >= 11 is 0.861. The Morgan fingerprint density at radius 2 is 2.06 bits per heavy atom. The molecule has 2 saturated heterocycles. The number of carbonyl (C=O) groups is 2. The van der Waals surface area contributed by atoms with Crippen molar-refractivity contribution < 1.29 is 14.0 Å². The van der Waals surface area contributed by atoms with Gasteiger partial charge in [-0.25, -0.2) is 14.4 Å². The van der Waals surface area contributed by atoms with Gasteiger partial charge in [-0.15, -0.1) is 0 Å². The van der Waals surface area contributed by atoms with Crippen LogP contribution in [0.5, 0.6) is 0 Å². The average Bonchev–Trinajstić information content (AvgIpc) is 3.09. The number of aryl methyl sites for hydroxylation is 1. The zero-order valence-corrected chi connectivity index (χ0v) is 18.8. The van der Waals surface area contributed by atoms with E-state index in [-0.39, 0.29) is 11.9 Å². The summed E-state index contributed by atoms with van der Waals surface area (Å²) in [5, 5.41) is 2.59. The fourth-order valence-electron chi connectivity index (χ4n) is 4.28. The van der Waals surface area contributed by atoms with Gasteiger partial charge in [0.1, 0.15) is 11.6 Å². The molecule has 0 saturated carbocycles. The number of benzene rings is 2.